The molecule has 0 saturated carbocycles. The Balaban J connectivity index is 2.12. The summed E-state index contributed by atoms with van der Waals surface area (Å²) in [4.78, 5) is 14.9. The van der Waals surface area contributed by atoms with Gasteiger partial charge in [0.25, 0.3) is 0 Å². The van der Waals surface area contributed by atoms with Crippen LogP contribution >= 0.6 is 0 Å². The third-order valence-electron chi connectivity index (χ3n) is 2.12. The van der Waals surface area contributed by atoms with Crippen molar-refractivity contribution in [3.63, 3.8) is 0 Å². The number of hydrogen-bond donors (Lipinski definition) is 0. The molecule has 18 heavy (non-hydrogen) atoms. The van der Waals surface area contributed by atoms with E-state index in [9.17, 15) is 9.18 Å². The van der Waals surface area contributed by atoms with Crippen LogP contribution in [0.2, 0.25) is 0 Å². The molecule has 0 fully saturated rings. The van der Waals surface area contributed by atoms with Crippen LogP contribution in [0.5, 0.6) is 0 Å². The molecule has 2 rings (SSSR count). The van der Waals surface area contributed by atoms with E-state index in [2.05, 4.69) is 9.99 Å². The van der Waals surface area contributed by atoms with Crippen molar-refractivity contribution in [2.45, 2.75) is 6.92 Å². The summed E-state index contributed by atoms with van der Waals surface area (Å²) in [6.45, 7) is 1.25. The predicted octanol–water partition coefficient (Wildman–Crippen LogP) is 2.98. The molecular formula is C13H10FNO3. The van der Waals surface area contributed by atoms with Crippen LogP contribution in [0.15, 0.2) is 46.0 Å². The van der Waals surface area contributed by atoms with E-state index in [1.165, 1.54) is 25.3 Å². The van der Waals surface area contributed by atoms with E-state index in [4.69, 9.17) is 4.42 Å². The first-order chi connectivity index (χ1) is 8.65. The van der Waals surface area contributed by atoms with Crippen molar-refractivity contribution in [1.82, 2.24) is 0 Å². The summed E-state index contributed by atoms with van der Waals surface area (Å²) in [6, 6.07) is 9.32. The molecule has 4 nitrogen and oxygen atoms in total. The van der Waals surface area contributed by atoms with Crippen LogP contribution in [-0.2, 0) is 9.63 Å². The van der Waals surface area contributed by atoms with Crippen LogP contribution in [0.1, 0.15) is 12.7 Å². The molecule has 0 saturated heterocycles. The molecule has 1 aromatic heterocycles. The minimum Gasteiger partial charge on any atom is -0.455 e. The molecular weight excluding hydrogens is 237 g/mol. The smallest absolute Gasteiger partial charge is 0.331 e. The van der Waals surface area contributed by atoms with Gasteiger partial charge >= 0.3 is 5.97 Å². The fourth-order valence-electron chi connectivity index (χ4n) is 1.34. The van der Waals surface area contributed by atoms with Crippen molar-refractivity contribution in [3.05, 3.63) is 48.0 Å². The second-order valence-corrected chi connectivity index (χ2v) is 3.53. The third-order valence-corrected chi connectivity index (χ3v) is 2.12. The van der Waals surface area contributed by atoms with E-state index in [-0.39, 0.29) is 5.82 Å². The Hall–Kier alpha value is -2.43. The Morgan fingerprint density at radius 1 is 1.28 bits per heavy atom. The standard InChI is InChI=1S/C13H10FNO3/c1-9(16)18-15-8-12-6-7-13(17-12)10-2-4-11(14)5-3-10/h2-8H,1H3/b15-8-. The normalized spacial score (nSPS) is 10.8. The average molecular weight is 247 g/mol. The van der Waals surface area contributed by atoms with Gasteiger partial charge in [0.05, 0.1) is 0 Å². The molecule has 0 radical (unpaired) electrons. The van der Waals surface area contributed by atoms with Crippen LogP contribution in [0, 0.1) is 5.82 Å². The van der Waals surface area contributed by atoms with Gasteiger partial charge in [-0.1, -0.05) is 5.16 Å². The molecule has 0 atom stereocenters. The zero-order valence-corrected chi connectivity index (χ0v) is 9.59. The lowest BCUT2D eigenvalue weighted by molar-refractivity contribution is -0.140. The molecule has 5 heteroatoms. The zero-order chi connectivity index (χ0) is 13.0. The number of benzene rings is 1. The first-order valence-corrected chi connectivity index (χ1v) is 5.22. The van der Waals surface area contributed by atoms with Gasteiger partial charge in [0.2, 0.25) is 0 Å². The predicted molar refractivity (Wildman–Crippen MR) is 63.5 cm³/mol. The monoisotopic (exact) mass is 247 g/mol. The Labute approximate surface area is 103 Å². The maximum atomic E-state index is 12.7. The maximum absolute atomic E-state index is 12.7. The van der Waals surface area contributed by atoms with Crippen LogP contribution in [0.4, 0.5) is 4.39 Å². The van der Waals surface area contributed by atoms with Gasteiger partial charge in [-0.05, 0) is 36.4 Å². The summed E-state index contributed by atoms with van der Waals surface area (Å²) in [5.74, 6) is 0.216. The molecule has 2 aromatic rings. The number of carbonyl (C=O) groups is 1. The molecule has 1 aromatic carbocycles. The van der Waals surface area contributed by atoms with Crippen molar-refractivity contribution in [2.75, 3.05) is 0 Å². The van der Waals surface area contributed by atoms with Gasteiger partial charge in [0, 0.05) is 12.5 Å². The molecule has 0 aliphatic rings. The fourth-order valence-corrected chi connectivity index (χ4v) is 1.34. The van der Waals surface area contributed by atoms with E-state index in [1.807, 2.05) is 0 Å². The topological polar surface area (TPSA) is 51.8 Å². The molecule has 0 N–H and O–H groups in total. The summed E-state index contributed by atoms with van der Waals surface area (Å²) in [7, 11) is 0. The van der Waals surface area contributed by atoms with Gasteiger partial charge in [-0.25, -0.2) is 9.18 Å². The number of carbonyl (C=O) groups excluding carboxylic acids is 1. The summed E-state index contributed by atoms with van der Waals surface area (Å²) >= 11 is 0. The van der Waals surface area contributed by atoms with Crippen molar-refractivity contribution >= 4 is 12.2 Å². The highest BCUT2D eigenvalue weighted by molar-refractivity contribution is 5.78. The van der Waals surface area contributed by atoms with Gasteiger partial charge in [-0.3, -0.25) is 0 Å². The highest BCUT2D eigenvalue weighted by Gasteiger charge is 2.03. The van der Waals surface area contributed by atoms with Crippen LogP contribution in [-0.4, -0.2) is 12.2 Å². The van der Waals surface area contributed by atoms with E-state index in [0.29, 0.717) is 11.5 Å². The lowest BCUT2D eigenvalue weighted by Gasteiger charge is -1.95. The molecule has 0 amide bonds. The zero-order valence-electron chi connectivity index (χ0n) is 9.59. The Kier molecular flexibility index (Phi) is 3.52. The highest BCUT2D eigenvalue weighted by atomic mass is 19.1. The van der Waals surface area contributed by atoms with Gasteiger partial charge in [0.1, 0.15) is 23.6 Å². The lowest BCUT2D eigenvalue weighted by Crippen LogP contribution is -1.90. The number of rotatable bonds is 3. The molecule has 0 spiro atoms. The fraction of sp³-hybridized carbons (Fsp3) is 0.0769. The number of oxime groups is 1. The highest BCUT2D eigenvalue weighted by Crippen LogP contribution is 2.21. The summed E-state index contributed by atoms with van der Waals surface area (Å²) < 4.78 is 18.2. The quantitative estimate of drug-likeness (QED) is 0.476. The van der Waals surface area contributed by atoms with E-state index < -0.39 is 5.97 Å². The number of halogens is 1. The molecule has 92 valence electrons. The second kappa shape index (κ2) is 5.27. The van der Waals surface area contributed by atoms with Gasteiger partial charge in [0.15, 0.2) is 0 Å². The minimum absolute atomic E-state index is 0.304. The third kappa shape index (κ3) is 3.04. The Morgan fingerprint density at radius 2 is 2.00 bits per heavy atom. The van der Waals surface area contributed by atoms with Crippen LogP contribution in [0.25, 0.3) is 11.3 Å². The molecule has 1 heterocycles. The number of furan rings is 1. The SMILES string of the molecule is CC(=O)O/N=C\c1ccc(-c2ccc(F)cc2)o1. The average Bonchev–Trinajstić information content (AvgIpc) is 2.78. The van der Waals surface area contributed by atoms with Crippen molar-refractivity contribution in [3.8, 4) is 11.3 Å². The van der Waals surface area contributed by atoms with Crippen LogP contribution in [0.3, 0.4) is 0 Å². The maximum Gasteiger partial charge on any atom is 0.331 e. The molecule has 0 aliphatic carbocycles. The summed E-state index contributed by atoms with van der Waals surface area (Å²) in [5, 5.41) is 3.43. The van der Waals surface area contributed by atoms with Crippen LogP contribution < -0.4 is 0 Å². The Morgan fingerprint density at radius 3 is 2.67 bits per heavy atom. The van der Waals surface area contributed by atoms with Gasteiger partial charge in [-0.15, -0.1) is 0 Å². The first kappa shape index (κ1) is 12.0. The number of nitrogens with zero attached hydrogens (tertiary/aromatic N) is 1. The second-order valence-electron chi connectivity index (χ2n) is 3.53. The summed E-state index contributed by atoms with van der Waals surface area (Å²) in [6.07, 6.45) is 1.29. The van der Waals surface area contributed by atoms with E-state index >= 15 is 0 Å². The number of hydrogen-bond acceptors (Lipinski definition) is 4. The van der Waals surface area contributed by atoms with E-state index in [1.54, 1.807) is 24.3 Å². The molecule has 0 unspecified atom stereocenters. The van der Waals surface area contributed by atoms with Crippen molar-refractivity contribution in [2.24, 2.45) is 5.16 Å². The lowest BCUT2D eigenvalue weighted by atomic mass is 10.2. The minimum atomic E-state index is -0.503. The largest absolute Gasteiger partial charge is 0.455 e. The first-order valence-electron chi connectivity index (χ1n) is 5.22. The van der Waals surface area contributed by atoms with E-state index in [0.717, 1.165) is 5.56 Å². The Bertz CT molecular complexity index is 572. The molecule has 0 bridgehead atoms. The van der Waals surface area contributed by atoms with Gasteiger partial charge in [-0.2, -0.15) is 0 Å². The molecule has 0 aliphatic heterocycles. The summed E-state index contributed by atoms with van der Waals surface area (Å²) in [5.41, 5.74) is 0.753. The van der Waals surface area contributed by atoms with Crippen molar-refractivity contribution < 1.29 is 18.4 Å². The van der Waals surface area contributed by atoms with Crippen molar-refractivity contribution in [1.29, 1.82) is 0 Å². The van der Waals surface area contributed by atoms with Gasteiger partial charge < -0.3 is 9.25 Å².